The van der Waals surface area contributed by atoms with Crippen molar-refractivity contribution < 1.29 is 0 Å². The van der Waals surface area contributed by atoms with Crippen molar-refractivity contribution in [3.8, 4) is 0 Å². The summed E-state index contributed by atoms with van der Waals surface area (Å²) >= 11 is 0. The second-order valence-electron chi connectivity index (χ2n) is 2.41. The molecule has 0 aromatic heterocycles. The molecule has 0 heteroatoms. The first-order valence-electron chi connectivity index (χ1n) is 3.38. The number of fused-ring (bicyclic) bond motifs is 2. The highest BCUT2D eigenvalue weighted by Crippen LogP contribution is 2.38. The van der Waals surface area contributed by atoms with Crippen molar-refractivity contribution in [2.45, 2.75) is 13.3 Å². The zero-order valence-corrected chi connectivity index (χ0v) is 5.52. The lowest BCUT2D eigenvalue weighted by atomic mass is 10.00. The molecule has 0 aliphatic heterocycles. The van der Waals surface area contributed by atoms with Gasteiger partial charge in [0.1, 0.15) is 0 Å². The van der Waals surface area contributed by atoms with Gasteiger partial charge in [-0.15, -0.1) is 0 Å². The molecule has 2 rings (SSSR count). The third-order valence-electron chi connectivity index (χ3n) is 1.94. The maximum Gasteiger partial charge on any atom is 0.0337 e. The molecule has 1 radical (unpaired) electrons. The monoisotopic (exact) mass is 117 g/mol. The summed E-state index contributed by atoms with van der Waals surface area (Å²) < 4.78 is 0. The fourth-order valence-corrected chi connectivity index (χ4v) is 1.45. The Morgan fingerprint density at radius 2 is 1.67 bits per heavy atom. The number of allylic oxidation sites excluding steroid dienone is 6. The van der Waals surface area contributed by atoms with Crippen LogP contribution in [0, 0.1) is 5.92 Å². The molecule has 0 saturated carbocycles. The Bertz CT molecular complexity index is 194. The average molecular weight is 117 g/mol. The van der Waals surface area contributed by atoms with E-state index < -0.39 is 0 Å². The van der Waals surface area contributed by atoms with Gasteiger partial charge in [-0.2, -0.15) is 0 Å². The summed E-state index contributed by atoms with van der Waals surface area (Å²) in [5.41, 5.74) is 2.85. The molecule has 0 atom stereocenters. The minimum atomic E-state index is 1.17. The minimum absolute atomic E-state index is 1.17. The van der Waals surface area contributed by atoms with Gasteiger partial charge in [0, 0.05) is 5.92 Å². The van der Waals surface area contributed by atoms with Crippen LogP contribution in [0.3, 0.4) is 0 Å². The van der Waals surface area contributed by atoms with Crippen molar-refractivity contribution in [3.63, 3.8) is 0 Å². The Morgan fingerprint density at radius 1 is 1.11 bits per heavy atom. The Kier molecular flexibility index (Phi) is 0.895. The first-order valence-corrected chi connectivity index (χ1v) is 3.38. The molecular weight excluding hydrogens is 108 g/mol. The third-order valence-corrected chi connectivity index (χ3v) is 1.94. The van der Waals surface area contributed by atoms with Crippen molar-refractivity contribution in [2.75, 3.05) is 0 Å². The van der Waals surface area contributed by atoms with Gasteiger partial charge in [0.15, 0.2) is 0 Å². The van der Waals surface area contributed by atoms with E-state index in [-0.39, 0.29) is 0 Å². The molecule has 0 unspecified atom stereocenters. The van der Waals surface area contributed by atoms with Crippen molar-refractivity contribution in [1.82, 2.24) is 0 Å². The molecular formula is C9H9. The van der Waals surface area contributed by atoms with Crippen LogP contribution in [-0.2, 0) is 0 Å². The minimum Gasteiger partial charge on any atom is -0.0642 e. The quantitative estimate of drug-likeness (QED) is 0.494. The van der Waals surface area contributed by atoms with Crippen molar-refractivity contribution in [3.05, 3.63) is 41.4 Å². The van der Waals surface area contributed by atoms with Gasteiger partial charge < -0.3 is 0 Å². The van der Waals surface area contributed by atoms with Crippen LogP contribution in [0.1, 0.15) is 13.3 Å². The highest BCUT2D eigenvalue weighted by Gasteiger charge is 2.22. The molecule has 0 saturated heterocycles. The van der Waals surface area contributed by atoms with Crippen molar-refractivity contribution in [2.24, 2.45) is 0 Å². The van der Waals surface area contributed by atoms with Crippen LogP contribution in [0.2, 0.25) is 0 Å². The maximum atomic E-state index is 2.20. The molecule has 0 spiro atoms. The van der Waals surface area contributed by atoms with Gasteiger partial charge in [-0.05, 0) is 17.6 Å². The molecule has 45 valence electrons. The maximum absolute atomic E-state index is 2.20. The Morgan fingerprint density at radius 3 is 1.89 bits per heavy atom. The van der Waals surface area contributed by atoms with E-state index in [2.05, 4.69) is 31.2 Å². The summed E-state index contributed by atoms with van der Waals surface area (Å²) in [7, 11) is 0. The molecule has 0 amide bonds. The lowest BCUT2D eigenvalue weighted by Crippen LogP contribution is -1.89. The zero-order valence-electron chi connectivity index (χ0n) is 5.52. The van der Waals surface area contributed by atoms with Gasteiger partial charge in [0.25, 0.3) is 0 Å². The molecule has 0 heterocycles. The van der Waals surface area contributed by atoms with Crippen LogP contribution >= 0.6 is 0 Å². The normalized spacial score (nSPS) is 22.8. The van der Waals surface area contributed by atoms with Crippen molar-refractivity contribution in [1.29, 1.82) is 0 Å². The summed E-state index contributed by atoms with van der Waals surface area (Å²) in [6.45, 7) is 2.20. The second kappa shape index (κ2) is 1.60. The number of hydrogen-bond donors (Lipinski definition) is 0. The van der Waals surface area contributed by atoms with Gasteiger partial charge in [0.2, 0.25) is 0 Å². The first kappa shape index (κ1) is 5.04. The smallest absolute Gasteiger partial charge is 0.0337 e. The van der Waals surface area contributed by atoms with E-state index in [1.165, 1.54) is 23.5 Å². The highest BCUT2D eigenvalue weighted by molar-refractivity contribution is 5.64. The van der Waals surface area contributed by atoms with Crippen LogP contribution in [0.5, 0.6) is 0 Å². The first-order chi connectivity index (χ1) is 4.42. The zero-order chi connectivity index (χ0) is 6.27. The van der Waals surface area contributed by atoms with Crippen LogP contribution in [0.15, 0.2) is 35.5 Å². The Labute approximate surface area is 55.6 Å². The third kappa shape index (κ3) is 0.533. The van der Waals surface area contributed by atoms with E-state index >= 15 is 0 Å². The van der Waals surface area contributed by atoms with Gasteiger partial charge >= 0.3 is 0 Å². The van der Waals surface area contributed by atoms with Gasteiger partial charge in [-0.1, -0.05) is 31.2 Å². The molecule has 2 aliphatic carbocycles. The lowest BCUT2D eigenvalue weighted by Gasteiger charge is -2.02. The Hall–Kier alpha value is -0.780. The molecule has 0 nitrogen and oxygen atoms in total. The lowest BCUT2D eigenvalue weighted by molar-refractivity contribution is 1.02. The summed E-state index contributed by atoms with van der Waals surface area (Å²) in [6, 6.07) is 0. The summed E-state index contributed by atoms with van der Waals surface area (Å²) in [5, 5.41) is 0. The number of hydrogen-bond acceptors (Lipinski definition) is 0. The predicted molar refractivity (Wildman–Crippen MR) is 38.8 cm³/mol. The predicted octanol–water partition coefficient (Wildman–Crippen LogP) is 2.41. The molecule has 9 heavy (non-hydrogen) atoms. The standard InChI is InChI=1S/C9H9/c1-2-9-7-3-4-8(9)6-5-7/h3-6H,2H2,1H3. The van der Waals surface area contributed by atoms with E-state index in [0.29, 0.717) is 0 Å². The van der Waals surface area contributed by atoms with E-state index in [9.17, 15) is 0 Å². The Balaban J connectivity index is 2.38. The van der Waals surface area contributed by atoms with E-state index in [1.807, 2.05) is 0 Å². The molecule has 0 fully saturated rings. The van der Waals surface area contributed by atoms with Crippen LogP contribution < -0.4 is 0 Å². The molecule has 2 bridgehead atoms. The fourth-order valence-electron chi connectivity index (χ4n) is 1.45. The van der Waals surface area contributed by atoms with Crippen LogP contribution in [0.25, 0.3) is 0 Å². The second-order valence-corrected chi connectivity index (χ2v) is 2.41. The van der Waals surface area contributed by atoms with Crippen LogP contribution in [0.4, 0.5) is 0 Å². The summed E-state index contributed by atoms with van der Waals surface area (Å²) in [6.07, 6.45) is 9.93. The van der Waals surface area contributed by atoms with Crippen molar-refractivity contribution >= 4 is 0 Å². The number of rotatable bonds is 1. The van der Waals surface area contributed by atoms with E-state index in [1.54, 1.807) is 0 Å². The van der Waals surface area contributed by atoms with Gasteiger partial charge in [0.05, 0.1) is 0 Å². The average Bonchev–Trinajstić information content (AvgIpc) is 2.44. The molecule has 0 aromatic rings. The van der Waals surface area contributed by atoms with E-state index in [0.717, 1.165) is 0 Å². The summed E-state index contributed by atoms with van der Waals surface area (Å²) in [5.74, 6) is 1.52. The van der Waals surface area contributed by atoms with Gasteiger partial charge in [-0.3, -0.25) is 0 Å². The van der Waals surface area contributed by atoms with Crippen LogP contribution in [-0.4, -0.2) is 0 Å². The SMILES string of the molecule is CC[C]1C2=CC=C1C=C2. The molecule has 0 aromatic carbocycles. The molecule has 2 aliphatic rings. The van der Waals surface area contributed by atoms with Gasteiger partial charge in [-0.25, -0.2) is 0 Å². The topological polar surface area (TPSA) is 0 Å². The van der Waals surface area contributed by atoms with E-state index in [4.69, 9.17) is 0 Å². The summed E-state index contributed by atoms with van der Waals surface area (Å²) in [4.78, 5) is 0. The largest absolute Gasteiger partial charge is 0.0642 e. The highest BCUT2D eigenvalue weighted by atomic mass is 14.3. The fraction of sp³-hybridized carbons (Fsp3) is 0.222. The molecule has 0 N–H and O–H groups in total.